The second-order valence-corrected chi connectivity index (χ2v) is 4.97. The van der Waals surface area contributed by atoms with E-state index in [0.717, 1.165) is 0 Å². The lowest BCUT2D eigenvalue weighted by Gasteiger charge is -2.13. The smallest absolute Gasteiger partial charge is 0.434 e. The van der Waals surface area contributed by atoms with Crippen LogP contribution in [0, 0.1) is 0 Å². The molecule has 9 heteroatoms. The van der Waals surface area contributed by atoms with E-state index in [9.17, 15) is 22.8 Å². The Bertz CT molecular complexity index is 769. The Labute approximate surface area is 134 Å². The SMILES string of the molecule is CCCC(=O)Nc1cccc(-n2ncc(C(=O)O)c2C(F)(F)F)c1. The van der Waals surface area contributed by atoms with E-state index in [1.54, 1.807) is 0 Å². The highest BCUT2D eigenvalue weighted by molar-refractivity contribution is 5.91. The molecular formula is C15H14F3N3O3. The largest absolute Gasteiger partial charge is 0.478 e. The Morgan fingerprint density at radius 1 is 1.33 bits per heavy atom. The van der Waals surface area contributed by atoms with Crippen molar-refractivity contribution in [1.82, 2.24) is 9.78 Å². The molecule has 2 aromatic rings. The first-order valence-corrected chi connectivity index (χ1v) is 7.02. The Kier molecular flexibility index (Phi) is 4.91. The van der Waals surface area contributed by atoms with Crippen molar-refractivity contribution in [2.45, 2.75) is 25.9 Å². The molecule has 24 heavy (non-hydrogen) atoms. The lowest BCUT2D eigenvalue weighted by atomic mass is 10.2. The lowest BCUT2D eigenvalue weighted by molar-refractivity contribution is -0.143. The number of rotatable bonds is 5. The number of alkyl halides is 3. The zero-order chi connectivity index (χ0) is 17.9. The average Bonchev–Trinajstić information content (AvgIpc) is 2.93. The third-order valence-electron chi connectivity index (χ3n) is 3.12. The predicted octanol–water partition coefficient (Wildman–Crippen LogP) is 3.33. The number of carbonyl (C=O) groups is 2. The quantitative estimate of drug-likeness (QED) is 0.874. The number of nitrogens with one attached hydrogen (secondary N) is 1. The third-order valence-corrected chi connectivity index (χ3v) is 3.12. The van der Waals surface area contributed by atoms with Gasteiger partial charge in [-0.15, -0.1) is 0 Å². The Morgan fingerprint density at radius 3 is 2.62 bits per heavy atom. The van der Waals surface area contributed by atoms with Crippen LogP contribution in [-0.2, 0) is 11.0 Å². The van der Waals surface area contributed by atoms with Crippen molar-refractivity contribution >= 4 is 17.6 Å². The number of carboxylic acids is 1. The van der Waals surface area contributed by atoms with Crippen LogP contribution in [0.3, 0.4) is 0 Å². The monoisotopic (exact) mass is 341 g/mol. The molecule has 0 saturated carbocycles. The first kappa shape index (κ1) is 17.5. The molecule has 0 spiro atoms. The number of aromatic carboxylic acids is 1. The number of carbonyl (C=O) groups excluding carboxylic acids is 1. The van der Waals surface area contributed by atoms with Crippen molar-refractivity contribution in [2.24, 2.45) is 0 Å². The van der Waals surface area contributed by atoms with Crippen LogP contribution in [0.1, 0.15) is 35.8 Å². The second-order valence-electron chi connectivity index (χ2n) is 4.97. The van der Waals surface area contributed by atoms with Gasteiger partial charge in [0.25, 0.3) is 0 Å². The second kappa shape index (κ2) is 6.73. The maximum Gasteiger partial charge on any atom is 0.434 e. The number of hydrogen-bond donors (Lipinski definition) is 2. The van der Waals surface area contributed by atoms with Crippen LogP contribution >= 0.6 is 0 Å². The molecule has 1 aromatic carbocycles. The molecule has 2 rings (SSSR count). The highest BCUT2D eigenvalue weighted by Gasteiger charge is 2.40. The van der Waals surface area contributed by atoms with Gasteiger partial charge in [-0.3, -0.25) is 4.79 Å². The minimum atomic E-state index is -4.90. The minimum absolute atomic E-state index is 0.0101. The maximum absolute atomic E-state index is 13.2. The van der Waals surface area contributed by atoms with Crippen LogP contribution in [0.4, 0.5) is 18.9 Å². The van der Waals surface area contributed by atoms with Gasteiger partial charge in [-0.2, -0.15) is 18.3 Å². The summed E-state index contributed by atoms with van der Waals surface area (Å²) >= 11 is 0. The van der Waals surface area contributed by atoms with Crippen LogP contribution in [-0.4, -0.2) is 26.8 Å². The van der Waals surface area contributed by atoms with Gasteiger partial charge in [-0.25, -0.2) is 9.48 Å². The molecule has 0 bridgehead atoms. The average molecular weight is 341 g/mol. The molecule has 0 radical (unpaired) electrons. The predicted molar refractivity (Wildman–Crippen MR) is 79.1 cm³/mol. The fraction of sp³-hybridized carbons (Fsp3) is 0.267. The summed E-state index contributed by atoms with van der Waals surface area (Å²) in [4.78, 5) is 22.6. The maximum atomic E-state index is 13.2. The van der Waals surface area contributed by atoms with E-state index in [2.05, 4.69) is 10.4 Å². The number of carboxylic acid groups (broad SMARTS) is 1. The molecule has 128 valence electrons. The van der Waals surface area contributed by atoms with Gasteiger partial charge in [-0.1, -0.05) is 13.0 Å². The topological polar surface area (TPSA) is 84.2 Å². The van der Waals surface area contributed by atoms with Gasteiger partial charge in [0.05, 0.1) is 11.9 Å². The molecule has 2 N–H and O–H groups in total. The zero-order valence-corrected chi connectivity index (χ0v) is 12.6. The van der Waals surface area contributed by atoms with Gasteiger partial charge >= 0.3 is 12.1 Å². The number of benzene rings is 1. The number of halogens is 3. The first-order chi connectivity index (χ1) is 11.2. The minimum Gasteiger partial charge on any atom is -0.478 e. The first-order valence-electron chi connectivity index (χ1n) is 7.02. The number of nitrogens with zero attached hydrogens (tertiary/aromatic N) is 2. The van der Waals surface area contributed by atoms with Crippen LogP contribution in [0.5, 0.6) is 0 Å². The molecule has 0 atom stereocenters. The molecule has 0 unspecified atom stereocenters. The van der Waals surface area contributed by atoms with Crippen molar-refractivity contribution in [2.75, 3.05) is 5.32 Å². The molecule has 0 aliphatic carbocycles. The highest BCUT2D eigenvalue weighted by atomic mass is 19.4. The fourth-order valence-electron chi connectivity index (χ4n) is 2.14. The van der Waals surface area contributed by atoms with Gasteiger partial charge in [-0.05, 0) is 24.6 Å². The van der Waals surface area contributed by atoms with E-state index in [0.29, 0.717) is 23.0 Å². The molecule has 1 aromatic heterocycles. The molecule has 1 amide bonds. The lowest BCUT2D eigenvalue weighted by Crippen LogP contribution is -2.17. The number of amides is 1. The molecule has 6 nitrogen and oxygen atoms in total. The Morgan fingerprint density at radius 2 is 2.04 bits per heavy atom. The molecule has 0 fully saturated rings. The summed E-state index contributed by atoms with van der Waals surface area (Å²) in [5, 5.41) is 15.0. The molecule has 0 aliphatic heterocycles. The van der Waals surface area contributed by atoms with Gasteiger partial charge in [0.15, 0.2) is 5.69 Å². The summed E-state index contributed by atoms with van der Waals surface area (Å²) in [5.74, 6) is -1.99. The van der Waals surface area contributed by atoms with E-state index in [-0.39, 0.29) is 18.0 Å². The molecular weight excluding hydrogens is 327 g/mol. The van der Waals surface area contributed by atoms with Crippen LogP contribution in [0.2, 0.25) is 0 Å². The molecule has 0 aliphatic rings. The summed E-state index contributed by atoms with van der Waals surface area (Å²) in [6.45, 7) is 1.82. The Hall–Kier alpha value is -2.84. The van der Waals surface area contributed by atoms with Gasteiger partial charge < -0.3 is 10.4 Å². The third kappa shape index (κ3) is 3.73. The van der Waals surface area contributed by atoms with Crippen molar-refractivity contribution < 1.29 is 27.9 Å². The highest BCUT2D eigenvalue weighted by Crippen LogP contribution is 2.34. The van der Waals surface area contributed by atoms with E-state index in [1.807, 2.05) is 6.92 Å². The number of hydrogen-bond acceptors (Lipinski definition) is 3. The summed E-state index contributed by atoms with van der Waals surface area (Å²) < 4.78 is 40.1. The summed E-state index contributed by atoms with van der Waals surface area (Å²) in [6, 6.07) is 5.59. The van der Waals surface area contributed by atoms with E-state index < -0.39 is 23.4 Å². The van der Waals surface area contributed by atoms with Crippen molar-refractivity contribution in [3.63, 3.8) is 0 Å². The summed E-state index contributed by atoms with van der Waals surface area (Å²) in [5.41, 5.74) is -2.04. The van der Waals surface area contributed by atoms with Crippen molar-refractivity contribution in [3.8, 4) is 5.69 Å². The normalized spacial score (nSPS) is 11.3. The molecule has 1 heterocycles. The fourth-order valence-corrected chi connectivity index (χ4v) is 2.14. The van der Waals surface area contributed by atoms with E-state index in [4.69, 9.17) is 5.11 Å². The van der Waals surface area contributed by atoms with Gasteiger partial charge in [0.1, 0.15) is 5.56 Å². The van der Waals surface area contributed by atoms with Gasteiger partial charge in [0, 0.05) is 12.1 Å². The van der Waals surface area contributed by atoms with Crippen molar-refractivity contribution in [3.05, 3.63) is 41.7 Å². The van der Waals surface area contributed by atoms with Crippen LogP contribution < -0.4 is 5.32 Å². The number of aromatic nitrogens is 2. The zero-order valence-electron chi connectivity index (χ0n) is 12.6. The summed E-state index contributed by atoms with van der Waals surface area (Å²) in [6.07, 6.45) is -3.34. The standard InChI is InChI=1S/C15H14F3N3O3/c1-2-4-12(22)20-9-5-3-6-10(7-9)21-13(15(16,17)18)11(8-19-21)14(23)24/h3,5-8H,2,4H2,1H3,(H,20,22)(H,23,24). The van der Waals surface area contributed by atoms with Crippen LogP contribution in [0.15, 0.2) is 30.5 Å². The van der Waals surface area contributed by atoms with E-state index >= 15 is 0 Å². The number of anilines is 1. The van der Waals surface area contributed by atoms with E-state index in [1.165, 1.54) is 24.3 Å². The van der Waals surface area contributed by atoms with Gasteiger partial charge in [0.2, 0.25) is 5.91 Å². The molecule has 0 saturated heterocycles. The van der Waals surface area contributed by atoms with Crippen molar-refractivity contribution in [1.29, 1.82) is 0 Å². The van der Waals surface area contributed by atoms with Crippen LogP contribution in [0.25, 0.3) is 5.69 Å². The Balaban J connectivity index is 2.46. The summed E-state index contributed by atoms with van der Waals surface area (Å²) in [7, 11) is 0.